The van der Waals surface area contributed by atoms with E-state index in [9.17, 15) is 4.79 Å². The molecule has 0 aromatic rings. The van der Waals surface area contributed by atoms with Crippen molar-refractivity contribution in [3.63, 3.8) is 0 Å². The van der Waals surface area contributed by atoms with Crippen LogP contribution in [-0.4, -0.2) is 49.4 Å². The summed E-state index contributed by atoms with van der Waals surface area (Å²) >= 11 is 0. The molecule has 1 heterocycles. The van der Waals surface area contributed by atoms with Crippen LogP contribution < -0.4 is 0 Å². The molecule has 15 heavy (non-hydrogen) atoms. The molecule has 0 spiro atoms. The first-order chi connectivity index (χ1) is 7.13. The molecule has 0 N–H and O–H groups in total. The van der Waals surface area contributed by atoms with Gasteiger partial charge in [0.15, 0.2) is 0 Å². The van der Waals surface area contributed by atoms with E-state index >= 15 is 0 Å². The van der Waals surface area contributed by atoms with Gasteiger partial charge in [0.1, 0.15) is 0 Å². The molecule has 0 bridgehead atoms. The SMILES string of the molecule is CN(C)C(=O)CCN1CCCC(C#N)C1. The molecule has 1 rings (SSSR count). The number of amides is 1. The van der Waals surface area contributed by atoms with Crippen LogP contribution in [0.15, 0.2) is 0 Å². The van der Waals surface area contributed by atoms with E-state index in [-0.39, 0.29) is 11.8 Å². The van der Waals surface area contributed by atoms with E-state index in [1.807, 2.05) is 0 Å². The second-order valence-corrected chi connectivity index (χ2v) is 4.31. The number of piperidine rings is 1. The summed E-state index contributed by atoms with van der Waals surface area (Å²) in [5.41, 5.74) is 0. The van der Waals surface area contributed by atoms with Gasteiger partial charge in [-0.25, -0.2) is 0 Å². The summed E-state index contributed by atoms with van der Waals surface area (Å²) < 4.78 is 0. The smallest absolute Gasteiger partial charge is 0.223 e. The Bertz CT molecular complexity index is 257. The Morgan fingerprint density at radius 1 is 1.60 bits per heavy atom. The number of nitrogens with zero attached hydrogens (tertiary/aromatic N) is 3. The second kappa shape index (κ2) is 5.72. The summed E-state index contributed by atoms with van der Waals surface area (Å²) in [6.07, 6.45) is 2.65. The van der Waals surface area contributed by atoms with E-state index in [1.165, 1.54) is 0 Å². The van der Waals surface area contributed by atoms with Gasteiger partial charge in [0.05, 0.1) is 12.0 Å². The molecule has 1 unspecified atom stereocenters. The molecule has 1 saturated heterocycles. The molecule has 1 aliphatic heterocycles. The van der Waals surface area contributed by atoms with Crippen molar-refractivity contribution in [1.29, 1.82) is 5.26 Å². The first-order valence-corrected chi connectivity index (χ1v) is 5.45. The van der Waals surface area contributed by atoms with Crippen LogP contribution in [0.2, 0.25) is 0 Å². The Kier molecular flexibility index (Phi) is 4.57. The van der Waals surface area contributed by atoms with Gasteiger partial charge in [-0.2, -0.15) is 5.26 Å². The number of hydrogen-bond acceptors (Lipinski definition) is 3. The summed E-state index contributed by atoms with van der Waals surface area (Å²) in [5, 5.41) is 8.82. The lowest BCUT2D eigenvalue weighted by atomic mass is 10.00. The van der Waals surface area contributed by atoms with Gasteiger partial charge in [0.25, 0.3) is 0 Å². The number of nitriles is 1. The monoisotopic (exact) mass is 209 g/mol. The standard InChI is InChI=1S/C11H19N3O/c1-13(2)11(15)5-7-14-6-3-4-10(8-12)9-14/h10H,3-7,9H2,1-2H3. The quantitative estimate of drug-likeness (QED) is 0.687. The van der Waals surface area contributed by atoms with Crippen molar-refractivity contribution < 1.29 is 4.79 Å². The third kappa shape index (κ3) is 3.88. The molecule has 0 saturated carbocycles. The van der Waals surface area contributed by atoms with E-state index in [1.54, 1.807) is 19.0 Å². The zero-order chi connectivity index (χ0) is 11.3. The van der Waals surface area contributed by atoms with Crippen molar-refractivity contribution in [2.75, 3.05) is 33.7 Å². The molecule has 4 nitrogen and oxygen atoms in total. The summed E-state index contributed by atoms with van der Waals surface area (Å²) in [6, 6.07) is 2.31. The van der Waals surface area contributed by atoms with E-state index in [0.717, 1.165) is 32.5 Å². The lowest BCUT2D eigenvalue weighted by Gasteiger charge is -2.29. The van der Waals surface area contributed by atoms with Gasteiger partial charge >= 0.3 is 0 Å². The number of carbonyl (C=O) groups excluding carboxylic acids is 1. The molecule has 84 valence electrons. The van der Waals surface area contributed by atoms with Gasteiger partial charge < -0.3 is 9.80 Å². The summed E-state index contributed by atoms with van der Waals surface area (Å²) in [6.45, 7) is 2.64. The molecule has 0 aromatic carbocycles. The average molecular weight is 209 g/mol. The summed E-state index contributed by atoms with van der Waals surface area (Å²) in [4.78, 5) is 15.2. The lowest BCUT2D eigenvalue weighted by molar-refractivity contribution is -0.129. The Balaban J connectivity index is 2.27. The predicted molar refractivity (Wildman–Crippen MR) is 58.1 cm³/mol. The Labute approximate surface area is 91.5 Å². The van der Waals surface area contributed by atoms with Crippen molar-refractivity contribution in [2.24, 2.45) is 5.92 Å². The van der Waals surface area contributed by atoms with Crippen LogP contribution in [0.25, 0.3) is 0 Å². The van der Waals surface area contributed by atoms with Crippen molar-refractivity contribution in [3.8, 4) is 6.07 Å². The van der Waals surface area contributed by atoms with E-state index in [2.05, 4.69) is 11.0 Å². The highest BCUT2D eigenvalue weighted by Gasteiger charge is 2.19. The van der Waals surface area contributed by atoms with Crippen LogP contribution in [0.5, 0.6) is 0 Å². The van der Waals surface area contributed by atoms with Crippen LogP contribution in [0.1, 0.15) is 19.3 Å². The third-order valence-corrected chi connectivity index (χ3v) is 2.83. The number of rotatable bonds is 3. The first kappa shape index (κ1) is 12.0. The maximum atomic E-state index is 11.4. The fraction of sp³-hybridized carbons (Fsp3) is 0.818. The molecule has 1 amide bonds. The van der Waals surface area contributed by atoms with Crippen LogP contribution >= 0.6 is 0 Å². The second-order valence-electron chi connectivity index (χ2n) is 4.31. The topological polar surface area (TPSA) is 47.3 Å². The molecular formula is C11H19N3O. The largest absolute Gasteiger partial charge is 0.349 e. The third-order valence-electron chi connectivity index (χ3n) is 2.83. The number of likely N-dealkylation sites (tertiary alicyclic amines) is 1. The molecular weight excluding hydrogens is 190 g/mol. The van der Waals surface area contributed by atoms with Gasteiger partial charge in [-0.1, -0.05) is 0 Å². The van der Waals surface area contributed by atoms with E-state index in [4.69, 9.17) is 5.26 Å². The maximum Gasteiger partial charge on any atom is 0.223 e. The van der Waals surface area contributed by atoms with Gasteiger partial charge in [0.2, 0.25) is 5.91 Å². The molecule has 4 heteroatoms. The minimum absolute atomic E-state index is 0.160. The number of carbonyl (C=O) groups is 1. The fourth-order valence-electron chi connectivity index (χ4n) is 1.84. The normalized spacial score (nSPS) is 22.1. The summed E-state index contributed by atoms with van der Waals surface area (Å²) in [7, 11) is 3.55. The predicted octanol–water partition coefficient (Wildman–Crippen LogP) is 0.700. The molecule has 1 fully saturated rings. The first-order valence-electron chi connectivity index (χ1n) is 5.45. The van der Waals surface area contributed by atoms with E-state index in [0.29, 0.717) is 6.42 Å². The zero-order valence-electron chi connectivity index (χ0n) is 9.57. The minimum Gasteiger partial charge on any atom is -0.349 e. The van der Waals surface area contributed by atoms with Crippen molar-refractivity contribution in [2.45, 2.75) is 19.3 Å². The van der Waals surface area contributed by atoms with Gasteiger partial charge in [-0.15, -0.1) is 0 Å². The molecule has 0 radical (unpaired) electrons. The van der Waals surface area contributed by atoms with Crippen LogP contribution in [0, 0.1) is 17.2 Å². The van der Waals surface area contributed by atoms with E-state index < -0.39 is 0 Å². The Morgan fingerprint density at radius 3 is 2.93 bits per heavy atom. The highest BCUT2D eigenvalue weighted by atomic mass is 16.2. The lowest BCUT2D eigenvalue weighted by Crippen LogP contribution is -2.37. The van der Waals surface area contributed by atoms with Gasteiger partial charge in [-0.3, -0.25) is 4.79 Å². The molecule has 0 aliphatic carbocycles. The zero-order valence-corrected chi connectivity index (χ0v) is 9.57. The summed E-state index contributed by atoms with van der Waals surface area (Å²) in [5.74, 6) is 0.322. The van der Waals surface area contributed by atoms with Crippen LogP contribution in [0.3, 0.4) is 0 Å². The van der Waals surface area contributed by atoms with Crippen molar-refractivity contribution >= 4 is 5.91 Å². The molecule has 1 atom stereocenters. The number of hydrogen-bond donors (Lipinski definition) is 0. The highest BCUT2D eigenvalue weighted by Crippen LogP contribution is 2.15. The minimum atomic E-state index is 0.160. The Hall–Kier alpha value is -1.08. The highest BCUT2D eigenvalue weighted by molar-refractivity contribution is 5.75. The molecule has 1 aliphatic rings. The average Bonchev–Trinajstić information content (AvgIpc) is 2.26. The molecule has 0 aromatic heterocycles. The van der Waals surface area contributed by atoms with Crippen molar-refractivity contribution in [1.82, 2.24) is 9.80 Å². The fourth-order valence-corrected chi connectivity index (χ4v) is 1.84. The Morgan fingerprint density at radius 2 is 2.33 bits per heavy atom. The van der Waals surface area contributed by atoms with Crippen LogP contribution in [-0.2, 0) is 4.79 Å². The van der Waals surface area contributed by atoms with Gasteiger partial charge in [0, 0.05) is 33.6 Å². The van der Waals surface area contributed by atoms with Crippen LogP contribution in [0.4, 0.5) is 0 Å². The maximum absolute atomic E-state index is 11.4. The van der Waals surface area contributed by atoms with Crippen molar-refractivity contribution in [3.05, 3.63) is 0 Å². The van der Waals surface area contributed by atoms with Gasteiger partial charge in [-0.05, 0) is 19.4 Å².